The number of carbonyl (C=O) groups excluding carboxylic acids is 1. The monoisotopic (exact) mass is 327 g/mol. The number of ether oxygens (including phenoxy) is 1. The molecule has 0 spiro atoms. The standard InChI is InChI=1S/C17H21N5O2/c1-24-12-17(23)22-8-2-3-13(11-22)15-5-4-14(9-20-15)21-16-10-18-6-7-19-16/h4-7,9-10,13H,2-3,8,11-12H2,1H3,(H,19,21)/t13-/m1/s1. The zero-order valence-corrected chi connectivity index (χ0v) is 13.7. The Morgan fingerprint density at radius 1 is 1.33 bits per heavy atom. The Morgan fingerprint density at radius 2 is 2.25 bits per heavy atom. The number of nitrogens with zero attached hydrogens (tertiary/aromatic N) is 4. The van der Waals surface area contributed by atoms with Crippen molar-refractivity contribution in [2.75, 3.05) is 32.1 Å². The van der Waals surface area contributed by atoms with Crippen LogP contribution in [-0.2, 0) is 9.53 Å². The van der Waals surface area contributed by atoms with Crippen LogP contribution in [0.1, 0.15) is 24.5 Å². The lowest BCUT2D eigenvalue weighted by atomic mass is 9.94. The van der Waals surface area contributed by atoms with Crippen LogP contribution in [0.25, 0.3) is 0 Å². The average molecular weight is 327 g/mol. The van der Waals surface area contributed by atoms with Gasteiger partial charge in [0, 0.05) is 44.2 Å². The second kappa shape index (κ2) is 7.83. The van der Waals surface area contributed by atoms with Crippen LogP contribution in [0, 0.1) is 0 Å². The summed E-state index contributed by atoms with van der Waals surface area (Å²) >= 11 is 0. The van der Waals surface area contributed by atoms with Crippen molar-refractivity contribution in [2.24, 2.45) is 0 Å². The lowest BCUT2D eigenvalue weighted by Crippen LogP contribution is -2.41. The number of anilines is 2. The Morgan fingerprint density at radius 3 is 2.96 bits per heavy atom. The molecule has 0 aromatic carbocycles. The van der Waals surface area contributed by atoms with Crippen molar-refractivity contribution in [3.63, 3.8) is 0 Å². The summed E-state index contributed by atoms with van der Waals surface area (Å²) < 4.78 is 4.94. The van der Waals surface area contributed by atoms with Crippen LogP contribution >= 0.6 is 0 Å². The van der Waals surface area contributed by atoms with E-state index in [-0.39, 0.29) is 18.4 Å². The third-order valence-electron chi connectivity index (χ3n) is 4.08. The largest absolute Gasteiger partial charge is 0.375 e. The molecule has 1 saturated heterocycles. The number of hydrogen-bond donors (Lipinski definition) is 1. The molecule has 0 saturated carbocycles. The van der Waals surface area contributed by atoms with Gasteiger partial charge in [-0.1, -0.05) is 0 Å². The number of carbonyl (C=O) groups is 1. The zero-order chi connectivity index (χ0) is 16.8. The molecule has 7 heteroatoms. The molecule has 0 bridgehead atoms. The number of aromatic nitrogens is 3. The number of rotatable bonds is 5. The average Bonchev–Trinajstić information content (AvgIpc) is 2.63. The summed E-state index contributed by atoms with van der Waals surface area (Å²) in [5.41, 5.74) is 1.87. The molecule has 7 nitrogen and oxygen atoms in total. The zero-order valence-electron chi connectivity index (χ0n) is 13.7. The van der Waals surface area contributed by atoms with E-state index in [2.05, 4.69) is 20.3 Å². The first-order valence-corrected chi connectivity index (χ1v) is 8.02. The maximum atomic E-state index is 12.0. The van der Waals surface area contributed by atoms with Crippen molar-refractivity contribution in [1.82, 2.24) is 19.9 Å². The van der Waals surface area contributed by atoms with E-state index in [1.807, 2.05) is 17.0 Å². The number of pyridine rings is 1. The van der Waals surface area contributed by atoms with Gasteiger partial charge in [0.2, 0.25) is 5.91 Å². The van der Waals surface area contributed by atoms with Crippen molar-refractivity contribution < 1.29 is 9.53 Å². The third-order valence-corrected chi connectivity index (χ3v) is 4.08. The number of nitrogens with one attached hydrogen (secondary N) is 1. The third kappa shape index (κ3) is 4.05. The SMILES string of the molecule is COCC(=O)N1CCC[C@@H](c2ccc(Nc3cnccn3)cn2)C1. The van der Waals surface area contributed by atoms with E-state index in [0.29, 0.717) is 12.4 Å². The lowest BCUT2D eigenvalue weighted by Gasteiger charge is -2.32. The quantitative estimate of drug-likeness (QED) is 0.904. The Hall–Kier alpha value is -2.54. The van der Waals surface area contributed by atoms with Crippen molar-refractivity contribution in [2.45, 2.75) is 18.8 Å². The van der Waals surface area contributed by atoms with Gasteiger partial charge in [-0.2, -0.15) is 0 Å². The highest BCUT2D eigenvalue weighted by molar-refractivity contribution is 5.77. The van der Waals surface area contributed by atoms with Gasteiger partial charge in [-0.25, -0.2) is 4.98 Å². The minimum Gasteiger partial charge on any atom is -0.375 e. The van der Waals surface area contributed by atoms with E-state index in [9.17, 15) is 4.79 Å². The molecule has 0 radical (unpaired) electrons. The van der Waals surface area contributed by atoms with E-state index >= 15 is 0 Å². The van der Waals surface area contributed by atoms with Crippen molar-refractivity contribution in [3.05, 3.63) is 42.6 Å². The van der Waals surface area contributed by atoms with Crippen LogP contribution in [0.3, 0.4) is 0 Å². The highest BCUT2D eigenvalue weighted by Crippen LogP contribution is 2.26. The lowest BCUT2D eigenvalue weighted by molar-refractivity contribution is -0.136. The van der Waals surface area contributed by atoms with Crippen LogP contribution in [0.2, 0.25) is 0 Å². The fraction of sp³-hybridized carbons (Fsp3) is 0.412. The Bertz CT molecular complexity index is 662. The highest BCUT2D eigenvalue weighted by Gasteiger charge is 2.25. The van der Waals surface area contributed by atoms with Gasteiger partial charge in [0.15, 0.2) is 0 Å². The molecule has 3 heterocycles. The van der Waals surface area contributed by atoms with Gasteiger partial charge in [0.1, 0.15) is 12.4 Å². The normalized spacial score (nSPS) is 17.5. The molecule has 3 rings (SSSR count). The fourth-order valence-electron chi connectivity index (χ4n) is 2.89. The molecule has 1 aliphatic heterocycles. The maximum Gasteiger partial charge on any atom is 0.248 e. The van der Waals surface area contributed by atoms with E-state index in [1.54, 1.807) is 31.9 Å². The minimum absolute atomic E-state index is 0.0446. The molecular weight excluding hydrogens is 306 g/mol. The first-order chi connectivity index (χ1) is 11.8. The van der Waals surface area contributed by atoms with Gasteiger partial charge in [-0.05, 0) is 25.0 Å². The molecule has 0 unspecified atom stereocenters. The van der Waals surface area contributed by atoms with Gasteiger partial charge in [0.05, 0.1) is 18.1 Å². The molecule has 1 aliphatic rings. The van der Waals surface area contributed by atoms with Gasteiger partial charge < -0.3 is 15.0 Å². The summed E-state index contributed by atoms with van der Waals surface area (Å²) in [5, 5.41) is 3.16. The van der Waals surface area contributed by atoms with Crippen LogP contribution in [0.5, 0.6) is 0 Å². The summed E-state index contributed by atoms with van der Waals surface area (Å²) in [6.07, 6.45) is 8.75. The summed E-state index contributed by atoms with van der Waals surface area (Å²) in [5.74, 6) is 0.995. The van der Waals surface area contributed by atoms with Gasteiger partial charge in [-0.3, -0.25) is 14.8 Å². The van der Waals surface area contributed by atoms with E-state index < -0.39 is 0 Å². The fourth-order valence-corrected chi connectivity index (χ4v) is 2.89. The molecule has 24 heavy (non-hydrogen) atoms. The van der Waals surface area contributed by atoms with Crippen LogP contribution in [0.15, 0.2) is 36.9 Å². The molecular formula is C17H21N5O2. The van der Waals surface area contributed by atoms with Crippen LogP contribution in [0.4, 0.5) is 11.5 Å². The number of likely N-dealkylation sites (tertiary alicyclic amines) is 1. The predicted octanol–water partition coefficient (Wildman–Crippen LogP) is 1.97. The molecule has 1 amide bonds. The molecule has 0 aliphatic carbocycles. The Balaban J connectivity index is 1.63. The van der Waals surface area contributed by atoms with E-state index in [0.717, 1.165) is 30.8 Å². The molecule has 1 N–H and O–H groups in total. The van der Waals surface area contributed by atoms with Crippen molar-refractivity contribution in [3.8, 4) is 0 Å². The second-order valence-electron chi connectivity index (χ2n) is 5.80. The summed E-state index contributed by atoms with van der Waals surface area (Å²) in [6, 6.07) is 3.99. The van der Waals surface area contributed by atoms with Crippen LogP contribution in [-0.4, -0.2) is 52.6 Å². The van der Waals surface area contributed by atoms with Crippen LogP contribution < -0.4 is 5.32 Å². The Labute approximate surface area is 141 Å². The number of amides is 1. The maximum absolute atomic E-state index is 12.0. The Kier molecular flexibility index (Phi) is 5.32. The number of piperidine rings is 1. The summed E-state index contributed by atoms with van der Waals surface area (Å²) in [4.78, 5) is 26.6. The van der Waals surface area contributed by atoms with Gasteiger partial charge in [-0.15, -0.1) is 0 Å². The summed E-state index contributed by atoms with van der Waals surface area (Å²) in [6.45, 7) is 1.64. The predicted molar refractivity (Wildman–Crippen MR) is 90.0 cm³/mol. The van der Waals surface area contributed by atoms with Crippen molar-refractivity contribution >= 4 is 17.4 Å². The molecule has 2 aromatic heterocycles. The minimum atomic E-state index is 0.0446. The van der Waals surface area contributed by atoms with E-state index in [1.165, 1.54) is 0 Å². The number of methoxy groups -OCH3 is 1. The molecule has 1 atom stereocenters. The van der Waals surface area contributed by atoms with Gasteiger partial charge >= 0.3 is 0 Å². The second-order valence-corrected chi connectivity index (χ2v) is 5.80. The van der Waals surface area contributed by atoms with Crippen molar-refractivity contribution in [1.29, 1.82) is 0 Å². The summed E-state index contributed by atoms with van der Waals surface area (Å²) in [7, 11) is 1.55. The molecule has 126 valence electrons. The van der Waals surface area contributed by atoms with E-state index in [4.69, 9.17) is 4.74 Å². The topological polar surface area (TPSA) is 80.2 Å². The first kappa shape index (κ1) is 16.3. The van der Waals surface area contributed by atoms with Gasteiger partial charge in [0.25, 0.3) is 0 Å². The molecule has 2 aromatic rings. The number of hydrogen-bond acceptors (Lipinski definition) is 6. The smallest absolute Gasteiger partial charge is 0.248 e. The first-order valence-electron chi connectivity index (χ1n) is 8.02. The molecule has 1 fully saturated rings. The highest BCUT2D eigenvalue weighted by atomic mass is 16.5.